The van der Waals surface area contributed by atoms with E-state index in [9.17, 15) is 4.39 Å². The Hall–Kier alpha value is -1.63. The Kier molecular flexibility index (Phi) is 7.77. The summed E-state index contributed by atoms with van der Waals surface area (Å²) in [6, 6.07) is 15.8. The molecule has 2 aromatic carbocycles. The summed E-state index contributed by atoms with van der Waals surface area (Å²) in [5.41, 5.74) is 5.16. The fourth-order valence-corrected chi connectivity index (χ4v) is 7.59. The van der Waals surface area contributed by atoms with Crippen molar-refractivity contribution >= 4 is 0 Å². The Morgan fingerprint density at radius 3 is 1.47 bits per heavy atom. The third kappa shape index (κ3) is 5.44. The van der Waals surface area contributed by atoms with Crippen molar-refractivity contribution in [1.29, 1.82) is 0 Å². The topological polar surface area (TPSA) is 0 Å². The summed E-state index contributed by atoms with van der Waals surface area (Å²) in [6.45, 7) is 4.46. The highest BCUT2D eigenvalue weighted by atomic mass is 19.1. The highest BCUT2D eigenvalue weighted by molar-refractivity contribution is 5.30. The van der Waals surface area contributed by atoms with Gasteiger partial charge in [-0.15, -0.1) is 0 Å². The molecule has 0 nitrogen and oxygen atoms in total. The molecule has 1 heteroatoms. The minimum atomic E-state index is -0.0138. The lowest BCUT2D eigenvalue weighted by atomic mass is 9.68. The molecular weight excluding hydrogens is 415 g/mol. The Morgan fingerprint density at radius 1 is 0.588 bits per heavy atom. The zero-order chi connectivity index (χ0) is 23.5. The molecule has 0 unspecified atom stereocenters. The van der Waals surface area contributed by atoms with Crippen LogP contribution in [0.25, 0.3) is 0 Å². The molecule has 3 fully saturated rings. The smallest absolute Gasteiger partial charge is 0.126 e. The molecular formula is C33H45F. The van der Waals surface area contributed by atoms with Crippen LogP contribution in [0.15, 0.2) is 42.5 Å². The Morgan fingerprint density at radius 2 is 1.00 bits per heavy atom. The van der Waals surface area contributed by atoms with Gasteiger partial charge in [0.05, 0.1) is 0 Å². The molecule has 3 saturated carbocycles. The fraction of sp³-hybridized carbons (Fsp3) is 0.636. The number of aryl methyl sites for hydroxylation is 1. The van der Waals surface area contributed by atoms with Crippen LogP contribution in [0, 0.1) is 23.6 Å². The van der Waals surface area contributed by atoms with Crippen LogP contribution in [-0.2, 0) is 6.42 Å². The second-order valence-corrected chi connectivity index (χ2v) is 12.1. The van der Waals surface area contributed by atoms with Gasteiger partial charge in [-0.3, -0.25) is 0 Å². The normalized spacial score (nSPS) is 32.4. The molecule has 0 bridgehead atoms. The molecule has 3 aliphatic carbocycles. The van der Waals surface area contributed by atoms with Crippen LogP contribution in [0.1, 0.15) is 131 Å². The summed E-state index contributed by atoms with van der Waals surface area (Å²) < 4.78 is 14.3. The Balaban J connectivity index is 1.12. The van der Waals surface area contributed by atoms with Gasteiger partial charge in [0.15, 0.2) is 0 Å². The maximum absolute atomic E-state index is 14.3. The summed E-state index contributed by atoms with van der Waals surface area (Å²) in [4.78, 5) is 0. The standard InChI is InChI=1S/C33H45F/c1-3-24-8-21-32(22-33(24)34)31-19-17-30(18-20-31)29-15-13-28(14-16-29)27-11-9-26(10-12-27)25-6-4-23(2)5-7-25/h8,13-16,21-23,25-27,30-31H,3-7,9-12,17-20H2,1-2H3. The average Bonchev–Trinajstić information content (AvgIpc) is 2.89. The van der Waals surface area contributed by atoms with Crippen molar-refractivity contribution in [1.82, 2.24) is 0 Å². The first kappa shape index (κ1) is 24.1. The summed E-state index contributed by atoms with van der Waals surface area (Å²) in [7, 11) is 0. The van der Waals surface area contributed by atoms with E-state index in [0.717, 1.165) is 35.7 Å². The van der Waals surface area contributed by atoms with Crippen molar-refractivity contribution in [2.24, 2.45) is 17.8 Å². The van der Waals surface area contributed by atoms with Crippen molar-refractivity contribution in [3.05, 3.63) is 70.5 Å². The number of rotatable bonds is 5. The minimum Gasteiger partial charge on any atom is -0.207 e. The second-order valence-electron chi connectivity index (χ2n) is 12.1. The zero-order valence-corrected chi connectivity index (χ0v) is 21.6. The van der Waals surface area contributed by atoms with Gasteiger partial charge in [-0.2, -0.15) is 0 Å². The molecule has 0 atom stereocenters. The first-order valence-corrected chi connectivity index (χ1v) is 14.5. The largest absolute Gasteiger partial charge is 0.207 e. The number of hydrogen-bond acceptors (Lipinski definition) is 0. The van der Waals surface area contributed by atoms with E-state index in [0.29, 0.717) is 11.8 Å². The molecule has 0 saturated heterocycles. The highest BCUT2D eigenvalue weighted by Gasteiger charge is 2.30. The van der Waals surface area contributed by atoms with Crippen molar-refractivity contribution in [2.75, 3.05) is 0 Å². The maximum Gasteiger partial charge on any atom is 0.126 e. The van der Waals surface area contributed by atoms with Crippen LogP contribution in [0.5, 0.6) is 0 Å². The van der Waals surface area contributed by atoms with Crippen molar-refractivity contribution in [2.45, 2.75) is 115 Å². The van der Waals surface area contributed by atoms with E-state index >= 15 is 0 Å². The van der Waals surface area contributed by atoms with Gasteiger partial charge in [-0.05, 0) is 134 Å². The lowest BCUT2D eigenvalue weighted by molar-refractivity contribution is 0.165. The van der Waals surface area contributed by atoms with Crippen molar-refractivity contribution in [3.63, 3.8) is 0 Å². The average molecular weight is 461 g/mol. The zero-order valence-electron chi connectivity index (χ0n) is 21.6. The van der Waals surface area contributed by atoms with Crippen LogP contribution in [0.2, 0.25) is 0 Å². The third-order valence-corrected chi connectivity index (χ3v) is 10.0. The van der Waals surface area contributed by atoms with Gasteiger partial charge >= 0.3 is 0 Å². The molecule has 34 heavy (non-hydrogen) atoms. The van der Waals surface area contributed by atoms with Gasteiger partial charge in [0.25, 0.3) is 0 Å². The van der Waals surface area contributed by atoms with Crippen LogP contribution in [0.3, 0.4) is 0 Å². The number of halogens is 1. The van der Waals surface area contributed by atoms with Crippen LogP contribution < -0.4 is 0 Å². The Bertz CT molecular complexity index is 904. The molecule has 184 valence electrons. The monoisotopic (exact) mass is 460 g/mol. The molecule has 5 rings (SSSR count). The summed E-state index contributed by atoms with van der Waals surface area (Å²) in [5.74, 6) is 4.97. The van der Waals surface area contributed by atoms with Crippen molar-refractivity contribution in [3.8, 4) is 0 Å². The Labute approximate surface area is 207 Å². The lowest BCUT2D eigenvalue weighted by Crippen LogP contribution is -2.24. The van der Waals surface area contributed by atoms with Gasteiger partial charge in [0.2, 0.25) is 0 Å². The molecule has 0 aromatic heterocycles. The van der Waals surface area contributed by atoms with E-state index in [1.165, 1.54) is 88.2 Å². The SMILES string of the molecule is CCc1ccc(C2CCC(c3ccc(C4CCC(C5CCC(C)CC5)CC4)cc3)CC2)cc1F. The summed E-state index contributed by atoms with van der Waals surface area (Å²) in [6.07, 6.45) is 17.2. The van der Waals surface area contributed by atoms with E-state index in [2.05, 4.69) is 37.3 Å². The van der Waals surface area contributed by atoms with Crippen LogP contribution in [0.4, 0.5) is 4.39 Å². The van der Waals surface area contributed by atoms with Crippen molar-refractivity contribution < 1.29 is 4.39 Å². The number of hydrogen-bond donors (Lipinski definition) is 0. The first-order chi connectivity index (χ1) is 16.6. The molecule has 2 aromatic rings. The number of benzene rings is 2. The van der Waals surface area contributed by atoms with Gasteiger partial charge in [0.1, 0.15) is 5.82 Å². The summed E-state index contributed by atoms with van der Waals surface area (Å²) >= 11 is 0. The van der Waals surface area contributed by atoms with E-state index in [1.807, 2.05) is 19.1 Å². The molecule has 0 heterocycles. The predicted molar refractivity (Wildman–Crippen MR) is 142 cm³/mol. The predicted octanol–water partition coefficient (Wildman–Crippen LogP) is 9.93. The van der Waals surface area contributed by atoms with E-state index in [1.54, 1.807) is 5.56 Å². The second kappa shape index (κ2) is 11.0. The molecule has 0 N–H and O–H groups in total. The van der Waals surface area contributed by atoms with Crippen LogP contribution in [-0.4, -0.2) is 0 Å². The minimum absolute atomic E-state index is 0.0138. The lowest BCUT2D eigenvalue weighted by Gasteiger charge is -2.37. The molecule has 0 spiro atoms. The van der Waals surface area contributed by atoms with Gasteiger partial charge in [-0.1, -0.05) is 63.1 Å². The van der Waals surface area contributed by atoms with Gasteiger partial charge in [-0.25, -0.2) is 4.39 Å². The molecule has 0 aliphatic heterocycles. The van der Waals surface area contributed by atoms with Crippen LogP contribution >= 0.6 is 0 Å². The highest BCUT2D eigenvalue weighted by Crippen LogP contribution is 2.45. The molecule has 0 amide bonds. The summed E-state index contributed by atoms with van der Waals surface area (Å²) in [5, 5.41) is 0. The van der Waals surface area contributed by atoms with Gasteiger partial charge < -0.3 is 0 Å². The third-order valence-electron chi connectivity index (χ3n) is 10.0. The maximum atomic E-state index is 14.3. The quantitative estimate of drug-likeness (QED) is 0.416. The van der Waals surface area contributed by atoms with E-state index in [-0.39, 0.29) is 5.82 Å². The first-order valence-electron chi connectivity index (χ1n) is 14.5. The molecule has 3 aliphatic rings. The van der Waals surface area contributed by atoms with E-state index in [4.69, 9.17) is 0 Å². The fourth-order valence-electron chi connectivity index (χ4n) is 7.59. The molecule has 0 radical (unpaired) electrons. The van der Waals surface area contributed by atoms with Gasteiger partial charge in [0, 0.05) is 0 Å². The van der Waals surface area contributed by atoms with E-state index < -0.39 is 0 Å².